The standard InChI is InChI=1S/C24H30N4O2S2/c1-15-9-11-28(12-10-15)17(19-6-3-13-31-19)14-25-21(29)8-7-20-26-23(30)22-16-4-2-5-18(16)32-24(22)27-20/h3,6,13,15,17H,2,4-5,7-12,14H2,1H3,(H,25,29)(H,26,27,30). The zero-order chi connectivity index (χ0) is 22.1. The van der Waals surface area contributed by atoms with E-state index >= 15 is 0 Å². The maximum Gasteiger partial charge on any atom is 0.259 e. The summed E-state index contributed by atoms with van der Waals surface area (Å²) in [4.78, 5) is 38.8. The molecule has 1 saturated heterocycles. The zero-order valence-electron chi connectivity index (χ0n) is 18.5. The lowest BCUT2D eigenvalue weighted by molar-refractivity contribution is -0.121. The molecule has 1 amide bonds. The van der Waals surface area contributed by atoms with E-state index in [9.17, 15) is 9.59 Å². The largest absolute Gasteiger partial charge is 0.354 e. The molecular weight excluding hydrogens is 440 g/mol. The van der Waals surface area contributed by atoms with Gasteiger partial charge in [-0.15, -0.1) is 22.7 Å². The number of thiophene rings is 2. The van der Waals surface area contributed by atoms with Crippen LogP contribution in [0, 0.1) is 5.92 Å². The van der Waals surface area contributed by atoms with E-state index in [1.54, 1.807) is 22.7 Å². The fourth-order valence-electron chi connectivity index (χ4n) is 4.93. The minimum atomic E-state index is -0.0538. The van der Waals surface area contributed by atoms with Crippen LogP contribution in [0.5, 0.6) is 0 Å². The molecule has 1 aliphatic carbocycles. The van der Waals surface area contributed by atoms with Gasteiger partial charge in [0.1, 0.15) is 10.7 Å². The Morgan fingerprint density at radius 1 is 1.34 bits per heavy atom. The van der Waals surface area contributed by atoms with E-state index in [1.807, 2.05) is 0 Å². The van der Waals surface area contributed by atoms with Crippen molar-refractivity contribution >= 4 is 38.8 Å². The highest BCUT2D eigenvalue weighted by Gasteiger charge is 2.26. The van der Waals surface area contributed by atoms with Crippen molar-refractivity contribution in [3.63, 3.8) is 0 Å². The van der Waals surface area contributed by atoms with Crippen molar-refractivity contribution in [2.24, 2.45) is 5.92 Å². The van der Waals surface area contributed by atoms with Crippen LogP contribution in [0.2, 0.25) is 0 Å². The van der Waals surface area contributed by atoms with Gasteiger partial charge in [0, 0.05) is 29.1 Å². The third kappa shape index (κ3) is 4.54. The van der Waals surface area contributed by atoms with Gasteiger partial charge < -0.3 is 10.3 Å². The molecule has 3 aromatic rings. The van der Waals surface area contributed by atoms with Crippen LogP contribution < -0.4 is 10.9 Å². The molecule has 1 unspecified atom stereocenters. The number of nitrogens with zero attached hydrogens (tertiary/aromatic N) is 2. The Labute approximate surface area is 196 Å². The lowest BCUT2D eigenvalue weighted by atomic mass is 9.97. The number of fused-ring (bicyclic) bond motifs is 3. The molecule has 1 fully saturated rings. The molecule has 2 N–H and O–H groups in total. The molecule has 5 rings (SSSR count). The molecule has 0 radical (unpaired) electrons. The van der Waals surface area contributed by atoms with E-state index in [0.717, 1.165) is 48.5 Å². The zero-order valence-corrected chi connectivity index (χ0v) is 20.1. The molecule has 1 atom stereocenters. The number of nitrogens with one attached hydrogen (secondary N) is 2. The van der Waals surface area contributed by atoms with E-state index in [2.05, 4.69) is 44.6 Å². The molecular formula is C24H30N4O2S2. The molecule has 0 bridgehead atoms. The average Bonchev–Trinajstić information content (AvgIpc) is 3.51. The van der Waals surface area contributed by atoms with Crippen LogP contribution in [0.3, 0.4) is 0 Å². The number of H-pyrrole nitrogens is 1. The SMILES string of the molecule is CC1CCN(C(CNC(=O)CCc2nc3sc4c(c3c(=O)[nH]2)CCC4)c2cccs2)CC1. The second-order valence-electron chi connectivity index (χ2n) is 9.10. The lowest BCUT2D eigenvalue weighted by Crippen LogP contribution is -2.41. The van der Waals surface area contributed by atoms with Crippen LogP contribution in [0.4, 0.5) is 0 Å². The van der Waals surface area contributed by atoms with Crippen LogP contribution in [0.1, 0.15) is 59.8 Å². The Balaban J connectivity index is 1.20. The maximum absolute atomic E-state index is 12.6. The number of aromatic nitrogens is 2. The summed E-state index contributed by atoms with van der Waals surface area (Å²) in [5.74, 6) is 1.40. The monoisotopic (exact) mass is 470 g/mol. The molecule has 0 saturated carbocycles. The maximum atomic E-state index is 12.6. The van der Waals surface area contributed by atoms with Gasteiger partial charge in [0.25, 0.3) is 5.56 Å². The van der Waals surface area contributed by atoms with Crippen LogP contribution >= 0.6 is 22.7 Å². The molecule has 0 aromatic carbocycles. The average molecular weight is 471 g/mol. The third-order valence-electron chi connectivity index (χ3n) is 6.84. The number of aryl methyl sites for hydroxylation is 3. The van der Waals surface area contributed by atoms with Gasteiger partial charge in [0.05, 0.1) is 11.4 Å². The molecule has 6 nitrogen and oxygen atoms in total. The van der Waals surface area contributed by atoms with Crippen molar-refractivity contribution in [3.05, 3.63) is 49.0 Å². The molecule has 2 aliphatic rings. The van der Waals surface area contributed by atoms with E-state index in [0.29, 0.717) is 25.2 Å². The first-order valence-corrected chi connectivity index (χ1v) is 13.4. The second kappa shape index (κ2) is 9.45. The van der Waals surface area contributed by atoms with Crippen LogP contribution in [0.15, 0.2) is 22.3 Å². The Kier molecular flexibility index (Phi) is 6.44. The number of hydrogen-bond acceptors (Lipinski definition) is 6. The molecule has 4 heterocycles. The number of piperidine rings is 1. The Morgan fingerprint density at radius 3 is 2.97 bits per heavy atom. The Morgan fingerprint density at radius 2 is 2.19 bits per heavy atom. The topological polar surface area (TPSA) is 78.1 Å². The number of aromatic amines is 1. The van der Waals surface area contributed by atoms with Gasteiger partial charge in [0.2, 0.25) is 5.91 Å². The Hall–Kier alpha value is -2.03. The normalized spacial score (nSPS) is 18.2. The van der Waals surface area contributed by atoms with Gasteiger partial charge in [-0.3, -0.25) is 14.5 Å². The minimum Gasteiger partial charge on any atom is -0.354 e. The quantitative estimate of drug-likeness (QED) is 0.546. The molecule has 8 heteroatoms. The summed E-state index contributed by atoms with van der Waals surface area (Å²) >= 11 is 3.40. The first-order valence-electron chi connectivity index (χ1n) is 11.7. The van der Waals surface area contributed by atoms with E-state index < -0.39 is 0 Å². The predicted molar refractivity (Wildman–Crippen MR) is 131 cm³/mol. The fourth-order valence-corrected chi connectivity index (χ4v) is 7.07. The van der Waals surface area contributed by atoms with Crippen molar-refractivity contribution < 1.29 is 4.79 Å². The van der Waals surface area contributed by atoms with Gasteiger partial charge in [-0.2, -0.15) is 0 Å². The molecule has 32 heavy (non-hydrogen) atoms. The van der Waals surface area contributed by atoms with Crippen molar-refractivity contribution in [3.8, 4) is 0 Å². The summed E-state index contributed by atoms with van der Waals surface area (Å²) in [7, 11) is 0. The van der Waals surface area contributed by atoms with E-state index in [1.165, 1.54) is 28.2 Å². The smallest absolute Gasteiger partial charge is 0.259 e. The van der Waals surface area contributed by atoms with Crippen LogP contribution in [-0.2, 0) is 24.1 Å². The summed E-state index contributed by atoms with van der Waals surface area (Å²) in [5.41, 5.74) is 1.14. The first-order chi connectivity index (χ1) is 15.6. The summed E-state index contributed by atoms with van der Waals surface area (Å²) < 4.78 is 0. The number of carbonyl (C=O) groups excluding carboxylic acids is 1. The van der Waals surface area contributed by atoms with Crippen molar-refractivity contribution in [1.82, 2.24) is 20.2 Å². The number of hydrogen-bond donors (Lipinski definition) is 2. The highest BCUT2D eigenvalue weighted by atomic mass is 32.1. The third-order valence-corrected chi connectivity index (χ3v) is 9.00. The summed E-state index contributed by atoms with van der Waals surface area (Å²) in [6.45, 7) is 5.10. The first kappa shape index (κ1) is 21.8. The summed E-state index contributed by atoms with van der Waals surface area (Å²) in [6.07, 6.45) is 6.35. The fraction of sp³-hybridized carbons (Fsp3) is 0.542. The van der Waals surface area contributed by atoms with Crippen molar-refractivity contribution in [2.75, 3.05) is 19.6 Å². The summed E-state index contributed by atoms with van der Waals surface area (Å²) in [6, 6.07) is 4.48. The molecule has 3 aromatic heterocycles. The highest BCUT2D eigenvalue weighted by molar-refractivity contribution is 7.18. The lowest BCUT2D eigenvalue weighted by Gasteiger charge is -2.36. The van der Waals surface area contributed by atoms with Crippen molar-refractivity contribution in [1.29, 1.82) is 0 Å². The summed E-state index contributed by atoms with van der Waals surface area (Å²) in [5, 5.41) is 6.02. The minimum absolute atomic E-state index is 0.00773. The molecule has 0 spiro atoms. The second-order valence-corrected chi connectivity index (χ2v) is 11.2. The van der Waals surface area contributed by atoms with Gasteiger partial charge in [-0.25, -0.2) is 4.98 Å². The van der Waals surface area contributed by atoms with E-state index in [-0.39, 0.29) is 17.5 Å². The predicted octanol–water partition coefficient (Wildman–Crippen LogP) is 4.06. The number of amides is 1. The van der Waals surface area contributed by atoms with E-state index in [4.69, 9.17) is 0 Å². The van der Waals surface area contributed by atoms with Gasteiger partial charge in [-0.1, -0.05) is 13.0 Å². The number of rotatable bonds is 7. The molecule has 170 valence electrons. The van der Waals surface area contributed by atoms with Crippen LogP contribution in [0.25, 0.3) is 10.2 Å². The van der Waals surface area contributed by atoms with Gasteiger partial charge in [0.15, 0.2) is 0 Å². The Bertz CT molecular complexity index is 1140. The molecule has 1 aliphatic heterocycles. The van der Waals surface area contributed by atoms with Crippen molar-refractivity contribution in [2.45, 2.75) is 57.9 Å². The number of likely N-dealkylation sites (tertiary alicyclic amines) is 1. The van der Waals surface area contributed by atoms with Gasteiger partial charge in [-0.05, 0) is 68.1 Å². The number of carbonyl (C=O) groups is 1. The van der Waals surface area contributed by atoms with Crippen LogP contribution in [-0.4, -0.2) is 40.4 Å². The van der Waals surface area contributed by atoms with Gasteiger partial charge >= 0.3 is 0 Å². The highest BCUT2D eigenvalue weighted by Crippen LogP contribution is 2.34.